The number of hydrogen-bond donors (Lipinski definition) is 2. The Bertz CT molecular complexity index is 597. The Morgan fingerprint density at radius 3 is 2.62 bits per heavy atom. The van der Waals surface area contributed by atoms with Crippen molar-refractivity contribution in [3.8, 4) is 5.75 Å². The van der Waals surface area contributed by atoms with Crippen molar-refractivity contribution in [2.24, 2.45) is 0 Å². The van der Waals surface area contributed by atoms with Gasteiger partial charge in [0.1, 0.15) is 0 Å². The number of nitrogens with two attached hydrogens (primary N) is 1. The van der Waals surface area contributed by atoms with Crippen molar-refractivity contribution < 1.29 is 9.53 Å². The third-order valence-electron chi connectivity index (χ3n) is 3.26. The molecule has 2 aromatic rings. The smallest absolute Gasteiger partial charge is 0.255 e. The number of para-hydroxylation sites is 1. The second kappa shape index (κ2) is 7.33. The van der Waals surface area contributed by atoms with Crippen LogP contribution in [0, 0.1) is 0 Å². The molecule has 0 bridgehead atoms. The zero-order valence-electron chi connectivity index (χ0n) is 12.1. The van der Waals surface area contributed by atoms with Crippen LogP contribution in [0.25, 0.3) is 0 Å². The SMILES string of the molecule is COc1c(N)cccc1C(=O)NCCCc1ccccc1. The molecule has 3 N–H and O–H groups in total. The fourth-order valence-corrected chi connectivity index (χ4v) is 2.20. The van der Waals surface area contributed by atoms with Crippen molar-refractivity contribution in [2.45, 2.75) is 12.8 Å². The molecule has 0 aliphatic heterocycles. The van der Waals surface area contributed by atoms with Gasteiger partial charge >= 0.3 is 0 Å². The molecule has 0 radical (unpaired) electrons. The number of amides is 1. The number of carbonyl (C=O) groups excluding carboxylic acids is 1. The maximum atomic E-state index is 12.1. The number of anilines is 1. The van der Waals surface area contributed by atoms with E-state index in [1.807, 2.05) is 18.2 Å². The molecule has 110 valence electrons. The second-order valence-electron chi connectivity index (χ2n) is 4.77. The summed E-state index contributed by atoms with van der Waals surface area (Å²) in [4.78, 5) is 12.1. The highest BCUT2D eigenvalue weighted by atomic mass is 16.5. The predicted molar refractivity (Wildman–Crippen MR) is 84.5 cm³/mol. The Hall–Kier alpha value is -2.49. The summed E-state index contributed by atoms with van der Waals surface area (Å²) in [6, 6.07) is 15.4. The Kier molecular flexibility index (Phi) is 5.21. The summed E-state index contributed by atoms with van der Waals surface area (Å²) < 4.78 is 5.19. The van der Waals surface area contributed by atoms with Gasteiger partial charge in [0.25, 0.3) is 5.91 Å². The first-order valence-electron chi connectivity index (χ1n) is 6.97. The molecule has 2 rings (SSSR count). The molecule has 0 fully saturated rings. The van der Waals surface area contributed by atoms with Gasteiger partial charge in [0.05, 0.1) is 18.4 Å². The second-order valence-corrected chi connectivity index (χ2v) is 4.77. The number of rotatable bonds is 6. The molecule has 4 heteroatoms. The molecule has 2 aromatic carbocycles. The number of hydrogen-bond acceptors (Lipinski definition) is 3. The van der Waals surface area contributed by atoms with Crippen LogP contribution < -0.4 is 15.8 Å². The first-order chi connectivity index (χ1) is 10.2. The fraction of sp³-hybridized carbons (Fsp3) is 0.235. The third kappa shape index (κ3) is 3.99. The van der Waals surface area contributed by atoms with Gasteiger partial charge < -0.3 is 15.8 Å². The summed E-state index contributed by atoms with van der Waals surface area (Å²) in [7, 11) is 1.51. The minimum absolute atomic E-state index is 0.160. The lowest BCUT2D eigenvalue weighted by atomic mass is 10.1. The lowest BCUT2D eigenvalue weighted by Gasteiger charge is -2.11. The molecule has 21 heavy (non-hydrogen) atoms. The summed E-state index contributed by atoms with van der Waals surface area (Å²) in [6.07, 6.45) is 1.83. The number of methoxy groups -OCH3 is 1. The molecule has 0 spiro atoms. The van der Waals surface area contributed by atoms with Crippen LogP contribution in [0.2, 0.25) is 0 Å². The van der Waals surface area contributed by atoms with Crippen LogP contribution in [0.5, 0.6) is 5.75 Å². The van der Waals surface area contributed by atoms with Gasteiger partial charge in [-0.3, -0.25) is 4.79 Å². The molecule has 0 aromatic heterocycles. The van der Waals surface area contributed by atoms with Crippen LogP contribution in [0.3, 0.4) is 0 Å². The van der Waals surface area contributed by atoms with Crippen molar-refractivity contribution in [3.63, 3.8) is 0 Å². The zero-order chi connectivity index (χ0) is 15.1. The summed E-state index contributed by atoms with van der Waals surface area (Å²) in [6.45, 7) is 0.617. The number of nitrogen functional groups attached to an aromatic ring is 1. The topological polar surface area (TPSA) is 64.3 Å². The van der Waals surface area contributed by atoms with Crippen LogP contribution in [-0.2, 0) is 6.42 Å². The molecule has 0 saturated carbocycles. The van der Waals surface area contributed by atoms with E-state index in [4.69, 9.17) is 10.5 Å². The highest BCUT2D eigenvalue weighted by Gasteiger charge is 2.13. The van der Waals surface area contributed by atoms with E-state index in [1.165, 1.54) is 12.7 Å². The molecule has 0 unspecified atom stereocenters. The van der Waals surface area contributed by atoms with Gasteiger partial charge in [-0.05, 0) is 30.5 Å². The Balaban J connectivity index is 1.86. The third-order valence-corrected chi connectivity index (χ3v) is 3.26. The first-order valence-corrected chi connectivity index (χ1v) is 6.97. The lowest BCUT2D eigenvalue weighted by Crippen LogP contribution is -2.25. The highest BCUT2D eigenvalue weighted by Crippen LogP contribution is 2.25. The molecule has 0 saturated heterocycles. The minimum atomic E-state index is -0.160. The van der Waals surface area contributed by atoms with Gasteiger partial charge in [-0.15, -0.1) is 0 Å². The molecule has 4 nitrogen and oxygen atoms in total. The van der Waals surface area contributed by atoms with Crippen molar-refractivity contribution in [1.29, 1.82) is 0 Å². The summed E-state index contributed by atoms with van der Waals surface area (Å²) in [5.41, 5.74) is 8.00. The molecule has 0 heterocycles. The standard InChI is InChI=1S/C17H20N2O2/c1-21-16-14(10-5-11-15(16)18)17(20)19-12-6-9-13-7-3-2-4-8-13/h2-5,7-8,10-11H,6,9,12,18H2,1H3,(H,19,20). The zero-order valence-corrected chi connectivity index (χ0v) is 12.1. The van der Waals surface area contributed by atoms with Crippen molar-refractivity contribution >= 4 is 11.6 Å². The molecule has 0 aliphatic carbocycles. The lowest BCUT2D eigenvalue weighted by molar-refractivity contribution is 0.0950. The fourth-order valence-electron chi connectivity index (χ4n) is 2.20. The van der Waals surface area contributed by atoms with Crippen LogP contribution in [-0.4, -0.2) is 19.6 Å². The number of benzene rings is 2. The number of nitrogens with one attached hydrogen (secondary N) is 1. The van der Waals surface area contributed by atoms with E-state index >= 15 is 0 Å². The Morgan fingerprint density at radius 1 is 1.14 bits per heavy atom. The normalized spacial score (nSPS) is 10.1. The number of ether oxygens (including phenoxy) is 1. The van der Waals surface area contributed by atoms with Crippen LogP contribution in [0.1, 0.15) is 22.3 Å². The van der Waals surface area contributed by atoms with E-state index in [1.54, 1.807) is 18.2 Å². The average Bonchev–Trinajstić information content (AvgIpc) is 2.52. The van der Waals surface area contributed by atoms with Gasteiger partial charge in [0.15, 0.2) is 5.75 Å². The van der Waals surface area contributed by atoms with Gasteiger partial charge in [-0.1, -0.05) is 36.4 Å². The van der Waals surface area contributed by atoms with Crippen molar-refractivity contribution in [3.05, 3.63) is 59.7 Å². The average molecular weight is 284 g/mol. The molecule has 1 amide bonds. The maximum Gasteiger partial charge on any atom is 0.255 e. The molecular weight excluding hydrogens is 264 g/mol. The maximum absolute atomic E-state index is 12.1. The van der Waals surface area contributed by atoms with E-state index in [9.17, 15) is 4.79 Å². The van der Waals surface area contributed by atoms with Crippen LogP contribution in [0.4, 0.5) is 5.69 Å². The van der Waals surface area contributed by atoms with Crippen molar-refractivity contribution in [1.82, 2.24) is 5.32 Å². The largest absolute Gasteiger partial charge is 0.494 e. The monoisotopic (exact) mass is 284 g/mol. The van der Waals surface area contributed by atoms with E-state index in [2.05, 4.69) is 17.4 Å². The first kappa shape index (κ1) is 14.9. The number of carbonyl (C=O) groups is 1. The van der Waals surface area contributed by atoms with Gasteiger partial charge in [-0.25, -0.2) is 0 Å². The molecule has 0 aliphatic rings. The van der Waals surface area contributed by atoms with Crippen LogP contribution >= 0.6 is 0 Å². The van der Waals surface area contributed by atoms with Crippen molar-refractivity contribution in [2.75, 3.05) is 19.4 Å². The van der Waals surface area contributed by atoms with E-state index in [0.29, 0.717) is 23.5 Å². The van der Waals surface area contributed by atoms with Gasteiger partial charge in [-0.2, -0.15) is 0 Å². The van der Waals surface area contributed by atoms with E-state index in [-0.39, 0.29) is 5.91 Å². The summed E-state index contributed by atoms with van der Waals surface area (Å²) in [5, 5.41) is 2.90. The summed E-state index contributed by atoms with van der Waals surface area (Å²) in [5.74, 6) is 0.269. The van der Waals surface area contributed by atoms with E-state index < -0.39 is 0 Å². The Labute approximate surface area is 124 Å². The molecular formula is C17H20N2O2. The quantitative estimate of drug-likeness (QED) is 0.633. The minimum Gasteiger partial charge on any atom is -0.494 e. The predicted octanol–water partition coefficient (Wildman–Crippen LogP) is 2.64. The highest BCUT2D eigenvalue weighted by molar-refractivity contribution is 5.98. The van der Waals surface area contributed by atoms with E-state index in [0.717, 1.165) is 12.8 Å². The van der Waals surface area contributed by atoms with Gasteiger partial charge in [0.2, 0.25) is 0 Å². The summed E-state index contributed by atoms with van der Waals surface area (Å²) >= 11 is 0. The van der Waals surface area contributed by atoms with Gasteiger partial charge in [0, 0.05) is 6.54 Å². The van der Waals surface area contributed by atoms with Crippen LogP contribution in [0.15, 0.2) is 48.5 Å². The Morgan fingerprint density at radius 2 is 1.90 bits per heavy atom. The molecule has 0 atom stereocenters. The number of aryl methyl sites for hydroxylation is 1.